The predicted octanol–water partition coefficient (Wildman–Crippen LogP) is 2.38. The minimum Gasteiger partial charge on any atom is -0.398 e. The number of hydrogen-bond acceptors (Lipinski definition) is 3. The minimum atomic E-state index is -0.214. The van der Waals surface area contributed by atoms with Crippen LogP contribution in [0.4, 0.5) is 5.69 Å². The quantitative estimate of drug-likeness (QED) is 0.836. The zero-order valence-corrected chi connectivity index (χ0v) is 11.2. The highest BCUT2D eigenvalue weighted by Gasteiger charge is 2.10. The van der Waals surface area contributed by atoms with Gasteiger partial charge in [-0.15, -0.1) is 0 Å². The molecule has 4 heteroatoms. The van der Waals surface area contributed by atoms with Gasteiger partial charge in [0.15, 0.2) is 0 Å². The van der Waals surface area contributed by atoms with Gasteiger partial charge >= 0.3 is 0 Å². The lowest BCUT2D eigenvalue weighted by Crippen LogP contribution is -2.24. The van der Waals surface area contributed by atoms with Gasteiger partial charge in [-0.25, -0.2) is 0 Å². The second-order valence-corrected chi connectivity index (χ2v) is 4.53. The molecule has 0 aliphatic carbocycles. The van der Waals surface area contributed by atoms with Gasteiger partial charge in [0.25, 0.3) is 5.91 Å². The van der Waals surface area contributed by atoms with Crippen molar-refractivity contribution in [3.05, 3.63) is 64.7 Å². The molecule has 0 heterocycles. The van der Waals surface area contributed by atoms with E-state index in [1.165, 1.54) is 0 Å². The molecule has 4 nitrogen and oxygen atoms in total. The first kappa shape index (κ1) is 13.6. The van der Waals surface area contributed by atoms with Crippen molar-refractivity contribution in [1.82, 2.24) is 5.32 Å². The van der Waals surface area contributed by atoms with E-state index >= 15 is 0 Å². The lowest BCUT2D eigenvalue weighted by molar-refractivity contribution is 0.0951. The zero-order chi connectivity index (χ0) is 14.5. The molecule has 0 saturated heterocycles. The molecule has 0 spiro atoms. The number of rotatable bonds is 3. The Hall–Kier alpha value is -2.80. The van der Waals surface area contributed by atoms with Crippen LogP contribution < -0.4 is 11.1 Å². The van der Waals surface area contributed by atoms with E-state index in [9.17, 15) is 4.79 Å². The van der Waals surface area contributed by atoms with Crippen LogP contribution in [-0.2, 0) is 6.54 Å². The second-order valence-electron chi connectivity index (χ2n) is 4.53. The summed E-state index contributed by atoms with van der Waals surface area (Å²) in [6.07, 6.45) is 0. The van der Waals surface area contributed by atoms with Crippen LogP contribution in [0.15, 0.2) is 42.5 Å². The molecule has 3 N–H and O–H groups in total. The molecule has 0 aliphatic rings. The fourth-order valence-corrected chi connectivity index (χ4v) is 1.91. The van der Waals surface area contributed by atoms with Crippen LogP contribution in [0.3, 0.4) is 0 Å². The molecule has 0 atom stereocenters. The van der Waals surface area contributed by atoms with Crippen molar-refractivity contribution in [3.8, 4) is 6.07 Å². The Morgan fingerprint density at radius 1 is 1.30 bits per heavy atom. The number of nitrogens with one attached hydrogen (secondary N) is 1. The molecule has 2 rings (SSSR count). The number of nitrogens with zero attached hydrogens (tertiary/aromatic N) is 1. The lowest BCUT2D eigenvalue weighted by atomic mass is 10.1. The summed E-state index contributed by atoms with van der Waals surface area (Å²) in [4.78, 5) is 12.1. The van der Waals surface area contributed by atoms with Crippen LogP contribution in [0.1, 0.15) is 27.0 Å². The largest absolute Gasteiger partial charge is 0.398 e. The summed E-state index contributed by atoms with van der Waals surface area (Å²) < 4.78 is 0. The molecule has 0 fully saturated rings. The summed E-state index contributed by atoms with van der Waals surface area (Å²) in [5.41, 5.74) is 9.20. The molecule has 2 aromatic rings. The lowest BCUT2D eigenvalue weighted by Gasteiger charge is -2.09. The summed E-state index contributed by atoms with van der Waals surface area (Å²) >= 11 is 0. The molecule has 0 aromatic heterocycles. The van der Waals surface area contributed by atoms with Gasteiger partial charge in [0.05, 0.1) is 17.2 Å². The van der Waals surface area contributed by atoms with E-state index < -0.39 is 0 Å². The zero-order valence-electron chi connectivity index (χ0n) is 11.2. The summed E-state index contributed by atoms with van der Waals surface area (Å²) in [6, 6.07) is 14.6. The smallest absolute Gasteiger partial charge is 0.253 e. The fraction of sp³-hybridized carbons (Fsp3) is 0.125. The first-order valence-electron chi connectivity index (χ1n) is 6.24. The second kappa shape index (κ2) is 5.89. The third-order valence-corrected chi connectivity index (χ3v) is 3.08. The Morgan fingerprint density at radius 2 is 2.05 bits per heavy atom. The third-order valence-electron chi connectivity index (χ3n) is 3.08. The molecule has 1 amide bonds. The summed E-state index contributed by atoms with van der Waals surface area (Å²) in [5, 5.41) is 11.6. The molecule has 0 bridgehead atoms. The highest BCUT2D eigenvalue weighted by atomic mass is 16.1. The van der Waals surface area contributed by atoms with Gasteiger partial charge in [-0.2, -0.15) is 5.26 Å². The Morgan fingerprint density at radius 3 is 2.80 bits per heavy atom. The van der Waals surface area contributed by atoms with E-state index in [4.69, 9.17) is 11.0 Å². The van der Waals surface area contributed by atoms with E-state index in [1.807, 2.05) is 19.1 Å². The number of aryl methyl sites for hydroxylation is 1. The Kier molecular flexibility index (Phi) is 4.02. The van der Waals surface area contributed by atoms with Crippen LogP contribution in [-0.4, -0.2) is 5.91 Å². The molecule has 20 heavy (non-hydrogen) atoms. The highest BCUT2D eigenvalue weighted by molar-refractivity contribution is 5.99. The SMILES string of the molecule is Cc1cccc(C(=O)NCc2cccc(C#N)c2)c1N. The van der Waals surface area contributed by atoms with Gasteiger partial charge in [-0.3, -0.25) is 4.79 Å². The monoisotopic (exact) mass is 265 g/mol. The van der Waals surface area contributed by atoms with E-state index in [0.29, 0.717) is 23.4 Å². The van der Waals surface area contributed by atoms with Crippen LogP contribution in [0, 0.1) is 18.3 Å². The van der Waals surface area contributed by atoms with Crippen molar-refractivity contribution in [2.45, 2.75) is 13.5 Å². The number of nitrogens with two attached hydrogens (primary N) is 1. The maximum atomic E-state index is 12.1. The van der Waals surface area contributed by atoms with Gasteiger partial charge in [0, 0.05) is 12.2 Å². The number of hydrogen-bond donors (Lipinski definition) is 2. The van der Waals surface area contributed by atoms with Gasteiger partial charge in [0.2, 0.25) is 0 Å². The number of para-hydroxylation sites is 1. The number of anilines is 1. The minimum absolute atomic E-state index is 0.214. The van der Waals surface area contributed by atoms with Crippen LogP contribution in [0.25, 0.3) is 0 Å². The standard InChI is InChI=1S/C16H15N3O/c1-11-4-2-7-14(15(11)18)16(20)19-10-13-6-3-5-12(8-13)9-17/h2-8H,10,18H2,1H3,(H,19,20). The Bertz CT molecular complexity index is 686. The first-order valence-corrected chi connectivity index (χ1v) is 6.24. The number of benzene rings is 2. The maximum absolute atomic E-state index is 12.1. The normalized spacial score (nSPS) is 9.80. The van der Waals surface area contributed by atoms with Gasteiger partial charge in [-0.05, 0) is 36.2 Å². The number of amides is 1. The van der Waals surface area contributed by atoms with Gasteiger partial charge in [0.1, 0.15) is 0 Å². The maximum Gasteiger partial charge on any atom is 0.253 e. The molecule has 0 aliphatic heterocycles. The summed E-state index contributed by atoms with van der Waals surface area (Å²) in [6.45, 7) is 2.23. The van der Waals surface area contributed by atoms with Gasteiger partial charge in [-0.1, -0.05) is 24.3 Å². The Labute approximate surface area is 117 Å². The molecular formula is C16H15N3O. The predicted molar refractivity (Wildman–Crippen MR) is 77.9 cm³/mol. The van der Waals surface area contributed by atoms with Crippen LogP contribution in [0.5, 0.6) is 0 Å². The number of carbonyl (C=O) groups excluding carboxylic acids is 1. The van der Waals surface area contributed by atoms with E-state index in [0.717, 1.165) is 11.1 Å². The van der Waals surface area contributed by atoms with Crippen LogP contribution >= 0.6 is 0 Å². The number of nitrogen functional groups attached to an aromatic ring is 1. The topological polar surface area (TPSA) is 78.9 Å². The van der Waals surface area contributed by atoms with Gasteiger partial charge < -0.3 is 11.1 Å². The molecule has 0 unspecified atom stereocenters. The molecule has 100 valence electrons. The van der Waals surface area contributed by atoms with Crippen molar-refractivity contribution in [2.24, 2.45) is 0 Å². The van der Waals surface area contributed by atoms with Crippen molar-refractivity contribution in [2.75, 3.05) is 5.73 Å². The Balaban J connectivity index is 2.09. The highest BCUT2D eigenvalue weighted by Crippen LogP contribution is 2.16. The van der Waals surface area contributed by atoms with Crippen molar-refractivity contribution >= 4 is 11.6 Å². The van der Waals surface area contributed by atoms with E-state index in [2.05, 4.69) is 11.4 Å². The molecule has 2 aromatic carbocycles. The molecular weight excluding hydrogens is 250 g/mol. The number of nitriles is 1. The number of carbonyl (C=O) groups is 1. The summed E-state index contributed by atoms with van der Waals surface area (Å²) in [7, 11) is 0. The van der Waals surface area contributed by atoms with Crippen molar-refractivity contribution in [3.63, 3.8) is 0 Å². The van der Waals surface area contributed by atoms with Crippen LogP contribution in [0.2, 0.25) is 0 Å². The van der Waals surface area contributed by atoms with E-state index in [-0.39, 0.29) is 5.91 Å². The fourth-order valence-electron chi connectivity index (χ4n) is 1.91. The first-order chi connectivity index (χ1) is 9.61. The summed E-state index contributed by atoms with van der Waals surface area (Å²) in [5.74, 6) is -0.214. The average molecular weight is 265 g/mol. The molecule has 0 saturated carbocycles. The van der Waals surface area contributed by atoms with Crippen molar-refractivity contribution < 1.29 is 4.79 Å². The van der Waals surface area contributed by atoms with Crippen molar-refractivity contribution in [1.29, 1.82) is 5.26 Å². The van der Waals surface area contributed by atoms with E-state index in [1.54, 1.807) is 30.3 Å². The average Bonchev–Trinajstić information content (AvgIpc) is 2.48. The molecule has 0 radical (unpaired) electrons. The third kappa shape index (κ3) is 2.96.